The summed E-state index contributed by atoms with van der Waals surface area (Å²) in [5, 5.41) is 3.50. The standard InChI is InChI=1S/C20H22N4O3S/c1-13-9-14(2)23-19(26)17(13)11-22-18(25)12-28-20-21-7-8-24(20)15-5-4-6-16(10-15)27-3/h4-10H,11-12H2,1-3H3,(H,22,25)(H,23,26). The molecule has 7 nitrogen and oxygen atoms in total. The number of H-pyrrole nitrogens is 1. The van der Waals surface area contributed by atoms with Crippen molar-refractivity contribution in [1.29, 1.82) is 0 Å². The highest BCUT2D eigenvalue weighted by Crippen LogP contribution is 2.23. The van der Waals surface area contributed by atoms with Gasteiger partial charge < -0.3 is 15.0 Å². The topological polar surface area (TPSA) is 89.0 Å². The van der Waals surface area contributed by atoms with Crippen LogP contribution in [-0.2, 0) is 11.3 Å². The van der Waals surface area contributed by atoms with Gasteiger partial charge in [-0.25, -0.2) is 4.98 Å². The Kier molecular flexibility index (Phi) is 6.20. The van der Waals surface area contributed by atoms with Crippen molar-refractivity contribution in [1.82, 2.24) is 19.9 Å². The van der Waals surface area contributed by atoms with Crippen molar-refractivity contribution in [3.63, 3.8) is 0 Å². The van der Waals surface area contributed by atoms with E-state index in [9.17, 15) is 9.59 Å². The van der Waals surface area contributed by atoms with Crippen LogP contribution in [0.4, 0.5) is 0 Å². The van der Waals surface area contributed by atoms with Gasteiger partial charge in [0.15, 0.2) is 5.16 Å². The Bertz CT molecular complexity index is 1040. The third kappa shape index (κ3) is 4.64. The number of nitrogens with one attached hydrogen (secondary N) is 2. The van der Waals surface area contributed by atoms with E-state index in [1.807, 2.05) is 54.9 Å². The zero-order valence-electron chi connectivity index (χ0n) is 16.0. The van der Waals surface area contributed by atoms with Gasteiger partial charge >= 0.3 is 0 Å². The second-order valence-electron chi connectivity index (χ2n) is 6.29. The Morgan fingerprint density at radius 1 is 1.32 bits per heavy atom. The van der Waals surface area contributed by atoms with Crippen LogP contribution < -0.4 is 15.6 Å². The van der Waals surface area contributed by atoms with Gasteiger partial charge in [-0.15, -0.1) is 0 Å². The molecule has 3 aromatic rings. The van der Waals surface area contributed by atoms with Gasteiger partial charge in [0.2, 0.25) is 5.91 Å². The molecule has 0 aliphatic rings. The summed E-state index contributed by atoms with van der Waals surface area (Å²) >= 11 is 1.33. The zero-order chi connectivity index (χ0) is 20.1. The number of hydrogen-bond acceptors (Lipinski definition) is 5. The van der Waals surface area contributed by atoms with Crippen LogP contribution in [0.2, 0.25) is 0 Å². The normalized spacial score (nSPS) is 10.7. The first-order valence-electron chi connectivity index (χ1n) is 8.74. The molecule has 3 rings (SSSR count). The van der Waals surface area contributed by atoms with Crippen LogP contribution in [0.1, 0.15) is 16.8 Å². The highest BCUT2D eigenvalue weighted by Gasteiger charge is 2.11. The lowest BCUT2D eigenvalue weighted by Gasteiger charge is -2.10. The van der Waals surface area contributed by atoms with Crippen LogP contribution in [0.3, 0.4) is 0 Å². The van der Waals surface area contributed by atoms with Gasteiger partial charge in [0, 0.05) is 36.3 Å². The van der Waals surface area contributed by atoms with Crippen molar-refractivity contribution in [2.75, 3.05) is 12.9 Å². The van der Waals surface area contributed by atoms with E-state index in [1.54, 1.807) is 13.3 Å². The predicted octanol–water partition coefficient (Wildman–Crippen LogP) is 2.59. The number of aryl methyl sites for hydroxylation is 2. The number of imidazole rings is 1. The van der Waals surface area contributed by atoms with Crippen LogP contribution in [0.25, 0.3) is 5.69 Å². The Hall–Kier alpha value is -3.00. The molecule has 0 spiro atoms. The van der Waals surface area contributed by atoms with Crippen LogP contribution in [0, 0.1) is 13.8 Å². The third-order valence-corrected chi connectivity index (χ3v) is 5.19. The van der Waals surface area contributed by atoms with Gasteiger partial charge in [-0.2, -0.15) is 0 Å². The molecule has 0 unspecified atom stereocenters. The molecule has 146 valence electrons. The summed E-state index contributed by atoms with van der Waals surface area (Å²) in [6, 6.07) is 9.51. The first kappa shape index (κ1) is 19.8. The molecule has 1 amide bonds. The van der Waals surface area contributed by atoms with Crippen molar-refractivity contribution >= 4 is 17.7 Å². The molecule has 0 atom stereocenters. The Balaban J connectivity index is 1.62. The summed E-state index contributed by atoms with van der Waals surface area (Å²) in [5.74, 6) is 0.784. The van der Waals surface area contributed by atoms with Crippen LogP contribution in [0.15, 0.2) is 52.7 Å². The van der Waals surface area contributed by atoms with Crippen molar-refractivity contribution < 1.29 is 9.53 Å². The van der Waals surface area contributed by atoms with Crippen molar-refractivity contribution in [3.8, 4) is 11.4 Å². The number of rotatable bonds is 7. The third-order valence-electron chi connectivity index (χ3n) is 4.23. The fourth-order valence-electron chi connectivity index (χ4n) is 2.82. The fraction of sp³-hybridized carbons (Fsp3) is 0.250. The SMILES string of the molecule is COc1cccc(-n2ccnc2SCC(=O)NCc2c(C)cc(C)[nH]c2=O)c1. The van der Waals surface area contributed by atoms with Gasteiger partial charge in [0.05, 0.1) is 18.6 Å². The number of carbonyl (C=O) groups excluding carboxylic acids is 1. The van der Waals surface area contributed by atoms with Crippen LogP contribution >= 0.6 is 11.8 Å². The molecule has 0 saturated heterocycles. The number of nitrogens with zero attached hydrogens (tertiary/aromatic N) is 2. The molecule has 2 aromatic heterocycles. The number of thioether (sulfide) groups is 1. The molecule has 0 fully saturated rings. The van der Waals surface area contributed by atoms with E-state index in [0.29, 0.717) is 10.7 Å². The summed E-state index contributed by atoms with van der Waals surface area (Å²) in [6.45, 7) is 3.90. The number of ether oxygens (including phenoxy) is 1. The second kappa shape index (κ2) is 8.79. The highest BCUT2D eigenvalue weighted by atomic mass is 32.2. The molecule has 28 heavy (non-hydrogen) atoms. The summed E-state index contributed by atoms with van der Waals surface area (Å²) in [5.41, 5.74) is 2.97. The largest absolute Gasteiger partial charge is 0.497 e. The summed E-state index contributed by atoms with van der Waals surface area (Å²) < 4.78 is 7.16. The molecule has 0 radical (unpaired) electrons. The van der Waals surface area contributed by atoms with Crippen molar-refractivity contribution in [2.24, 2.45) is 0 Å². The van der Waals surface area contributed by atoms with E-state index >= 15 is 0 Å². The first-order chi connectivity index (χ1) is 13.5. The summed E-state index contributed by atoms with van der Waals surface area (Å²) in [4.78, 5) is 31.4. The zero-order valence-corrected chi connectivity index (χ0v) is 16.8. The van der Waals surface area contributed by atoms with Gasteiger partial charge in [-0.05, 0) is 37.6 Å². The minimum Gasteiger partial charge on any atom is -0.497 e. The van der Waals surface area contributed by atoms with E-state index in [2.05, 4.69) is 15.3 Å². The summed E-state index contributed by atoms with van der Waals surface area (Å²) in [7, 11) is 1.62. The summed E-state index contributed by atoms with van der Waals surface area (Å²) in [6.07, 6.45) is 3.53. The number of methoxy groups -OCH3 is 1. The van der Waals surface area contributed by atoms with E-state index in [1.165, 1.54) is 11.8 Å². The maximum atomic E-state index is 12.2. The fourth-order valence-corrected chi connectivity index (χ4v) is 3.63. The van der Waals surface area contributed by atoms with Gasteiger partial charge in [0.25, 0.3) is 5.56 Å². The Labute approximate surface area is 167 Å². The van der Waals surface area contributed by atoms with E-state index < -0.39 is 0 Å². The van der Waals surface area contributed by atoms with Crippen LogP contribution in [-0.4, -0.2) is 33.3 Å². The molecular weight excluding hydrogens is 376 g/mol. The van der Waals surface area contributed by atoms with Crippen molar-refractivity contribution in [3.05, 3.63) is 69.9 Å². The number of carbonyl (C=O) groups is 1. The van der Waals surface area contributed by atoms with Crippen molar-refractivity contribution in [2.45, 2.75) is 25.5 Å². The molecule has 2 heterocycles. The number of hydrogen-bond donors (Lipinski definition) is 2. The highest BCUT2D eigenvalue weighted by molar-refractivity contribution is 7.99. The first-order valence-corrected chi connectivity index (χ1v) is 9.73. The quantitative estimate of drug-likeness (QED) is 0.597. The second-order valence-corrected chi connectivity index (χ2v) is 7.23. The Morgan fingerprint density at radius 2 is 2.14 bits per heavy atom. The number of amides is 1. The molecule has 8 heteroatoms. The molecule has 1 aromatic carbocycles. The number of benzene rings is 1. The Morgan fingerprint density at radius 3 is 2.89 bits per heavy atom. The molecule has 2 N–H and O–H groups in total. The van der Waals surface area contributed by atoms with Gasteiger partial charge in [0.1, 0.15) is 5.75 Å². The molecular formula is C20H22N4O3S. The maximum Gasteiger partial charge on any atom is 0.253 e. The molecule has 0 bridgehead atoms. The average Bonchev–Trinajstić information content (AvgIpc) is 3.14. The number of pyridine rings is 1. The van der Waals surface area contributed by atoms with Crippen LogP contribution in [0.5, 0.6) is 5.75 Å². The lowest BCUT2D eigenvalue weighted by molar-refractivity contribution is -0.118. The molecule has 0 saturated carbocycles. The van der Waals surface area contributed by atoms with Gasteiger partial charge in [-0.3, -0.25) is 14.2 Å². The maximum absolute atomic E-state index is 12.2. The number of aromatic amines is 1. The van der Waals surface area contributed by atoms with E-state index in [-0.39, 0.29) is 23.8 Å². The lowest BCUT2D eigenvalue weighted by atomic mass is 10.1. The number of aromatic nitrogens is 3. The van der Waals surface area contributed by atoms with E-state index in [0.717, 1.165) is 22.7 Å². The average molecular weight is 398 g/mol. The minimum absolute atomic E-state index is 0.162. The molecule has 0 aliphatic heterocycles. The molecule has 0 aliphatic carbocycles. The monoisotopic (exact) mass is 398 g/mol. The smallest absolute Gasteiger partial charge is 0.253 e. The predicted molar refractivity (Wildman–Crippen MR) is 109 cm³/mol. The van der Waals surface area contributed by atoms with E-state index in [4.69, 9.17) is 4.74 Å². The van der Waals surface area contributed by atoms with Gasteiger partial charge in [-0.1, -0.05) is 17.8 Å². The lowest BCUT2D eigenvalue weighted by Crippen LogP contribution is -2.29. The minimum atomic E-state index is -0.168.